The van der Waals surface area contributed by atoms with E-state index in [0.29, 0.717) is 18.6 Å². The lowest BCUT2D eigenvalue weighted by atomic mass is 10.2. The first-order valence-corrected chi connectivity index (χ1v) is 10.2. The van der Waals surface area contributed by atoms with Gasteiger partial charge in [0.25, 0.3) is 0 Å². The number of nitrogens with zero attached hydrogens (tertiary/aromatic N) is 5. The summed E-state index contributed by atoms with van der Waals surface area (Å²) in [5.74, 6) is 1.62. The third-order valence-electron chi connectivity index (χ3n) is 4.59. The van der Waals surface area contributed by atoms with Crippen molar-refractivity contribution < 1.29 is 0 Å². The van der Waals surface area contributed by atoms with Crippen LogP contribution in [0.4, 0.5) is 0 Å². The number of aromatic nitrogens is 3. The maximum absolute atomic E-state index is 4.69. The quantitative estimate of drug-likeness (QED) is 0.221. The number of guanidine groups is 1. The zero-order valence-electron chi connectivity index (χ0n) is 18.3. The molecule has 7 nitrogen and oxygen atoms in total. The number of hydrogen-bond acceptors (Lipinski definition) is 4. The van der Waals surface area contributed by atoms with Crippen molar-refractivity contribution in [3.8, 4) is 5.69 Å². The van der Waals surface area contributed by atoms with E-state index in [-0.39, 0.29) is 24.0 Å². The first kappa shape index (κ1) is 25.4. The largest absolute Gasteiger partial charge is 0.357 e. The molecule has 29 heavy (non-hydrogen) atoms. The highest BCUT2D eigenvalue weighted by Gasteiger charge is 2.12. The van der Waals surface area contributed by atoms with Gasteiger partial charge in [-0.2, -0.15) is 0 Å². The van der Waals surface area contributed by atoms with Gasteiger partial charge in [0.15, 0.2) is 11.8 Å². The summed E-state index contributed by atoms with van der Waals surface area (Å²) >= 11 is 0. The van der Waals surface area contributed by atoms with Crippen molar-refractivity contribution >= 4 is 29.9 Å². The van der Waals surface area contributed by atoms with Crippen molar-refractivity contribution in [3.63, 3.8) is 0 Å². The van der Waals surface area contributed by atoms with Crippen LogP contribution in [0.2, 0.25) is 0 Å². The first-order chi connectivity index (χ1) is 13.5. The number of nitrogens with one attached hydrogen (secondary N) is 2. The fourth-order valence-corrected chi connectivity index (χ4v) is 3.24. The molecule has 0 amide bonds. The summed E-state index contributed by atoms with van der Waals surface area (Å²) in [4.78, 5) is 7.19. The van der Waals surface area contributed by atoms with Gasteiger partial charge in [-0.25, -0.2) is 4.99 Å². The average molecular weight is 513 g/mol. The maximum atomic E-state index is 4.69. The highest BCUT2D eigenvalue weighted by Crippen LogP contribution is 2.09. The van der Waals surface area contributed by atoms with Gasteiger partial charge in [0.05, 0.1) is 0 Å². The summed E-state index contributed by atoms with van der Waals surface area (Å²) in [6.07, 6.45) is 2.80. The minimum absolute atomic E-state index is 0. The summed E-state index contributed by atoms with van der Waals surface area (Å²) in [6.45, 7) is 14.3. The number of para-hydroxylation sites is 1. The molecule has 0 aliphatic carbocycles. The molecule has 1 aromatic heterocycles. The Kier molecular flexibility index (Phi) is 11.8. The SMILES string of the molecule is CCNC(=NCc1nncn1-c1ccccc1)NCCCN(C(C)C)C(C)C.I. The fourth-order valence-electron chi connectivity index (χ4n) is 3.24. The summed E-state index contributed by atoms with van der Waals surface area (Å²) < 4.78 is 1.97. The molecule has 0 fully saturated rings. The molecule has 0 aliphatic rings. The Morgan fingerprint density at radius 2 is 1.79 bits per heavy atom. The van der Waals surface area contributed by atoms with Crippen molar-refractivity contribution in [2.45, 2.75) is 59.7 Å². The minimum atomic E-state index is 0. The van der Waals surface area contributed by atoms with E-state index >= 15 is 0 Å². The Balaban J connectivity index is 0.00000420. The van der Waals surface area contributed by atoms with Crippen LogP contribution in [0.15, 0.2) is 41.7 Å². The smallest absolute Gasteiger partial charge is 0.191 e. The lowest BCUT2D eigenvalue weighted by Gasteiger charge is -2.30. The van der Waals surface area contributed by atoms with Crippen molar-refractivity contribution in [2.24, 2.45) is 4.99 Å². The van der Waals surface area contributed by atoms with Gasteiger partial charge in [-0.15, -0.1) is 34.2 Å². The van der Waals surface area contributed by atoms with E-state index in [9.17, 15) is 0 Å². The van der Waals surface area contributed by atoms with Crippen LogP contribution in [-0.2, 0) is 6.54 Å². The van der Waals surface area contributed by atoms with Crippen LogP contribution in [0.3, 0.4) is 0 Å². The van der Waals surface area contributed by atoms with Crippen LogP contribution >= 0.6 is 24.0 Å². The van der Waals surface area contributed by atoms with Gasteiger partial charge in [-0.3, -0.25) is 9.47 Å². The maximum Gasteiger partial charge on any atom is 0.191 e. The number of halogens is 1. The van der Waals surface area contributed by atoms with E-state index < -0.39 is 0 Å². The lowest BCUT2D eigenvalue weighted by Crippen LogP contribution is -2.41. The Morgan fingerprint density at radius 3 is 2.41 bits per heavy atom. The second-order valence-electron chi connectivity index (χ2n) is 7.35. The van der Waals surface area contributed by atoms with E-state index in [4.69, 9.17) is 0 Å². The molecule has 0 spiro atoms. The topological polar surface area (TPSA) is 70.4 Å². The van der Waals surface area contributed by atoms with E-state index in [1.807, 2.05) is 34.9 Å². The van der Waals surface area contributed by atoms with E-state index in [1.54, 1.807) is 6.33 Å². The Labute approximate surface area is 192 Å². The van der Waals surface area contributed by atoms with Crippen molar-refractivity contribution in [2.75, 3.05) is 19.6 Å². The monoisotopic (exact) mass is 513 g/mol. The van der Waals surface area contributed by atoms with Gasteiger partial charge in [0, 0.05) is 37.4 Å². The van der Waals surface area contributed by atoms with Crippen molar-refractivity contribution in [1.29, 1.82) is 0 Å². The normalized spacial score (nSPS) is 11.8. The van der Waals surface area contributed by atoms with Crippen LogP contribution in [0.1, 0.15) is 46.9 Å². The predicted octanol–water partition coefficient (Wildman–Crippen LogP) is 3.45. The van der Waals surface area contributed by atoms with Gasteiger partial charge in [-0.05, 0) is 53.2 Å². The van der Waals surface area contributed by atoms with Gasteiger partial charge in [0.2, 0.25) is 0 Å². The van der Waals surface area contributed by atoms with Crippen LogP contribution in [0, 0.1) is 0 Å². The number of benzene rings is 1. The standard InChI is InChI=1S/C21H35N7.HI/c1-6-22-21(23-13-10-14-27(17(2)3)18(4)5)24-15-20-26-25-16-28(20)19-11-8-7-9-12-19;/h7-9,11-12,16-18H,6,10,13-15H2,1-5H3,(H2,22,23,24);1H. The molecule has 0 unspecified atom stereocenters. The number of aliphatic imine (C=N–C) groups is 1. The van der Waals surface area contributed by atoms with Crippen LogP contribution in [0.25, 0.3) is 5.69 Å². The van der Waals surface area contributed by atoms with Crippen molar-refractivity contribution in [1.82, 2.24) is 30.3 Å². The summed E-state index contributed by atoms with van der Waals surface area (Å²) in [6, 6.07) is 11.2. The van der Waals surface area contributed by atoms with Crippen LogP contribution < -0.4 is 10.6 Å². The summed E-state index contributed by atoms with van der Waals surface area (Å²) in [5, 5.41) is 15.0. The highest BCUT2D eigenvalue weighted by molar-refractivity contribution is 14.0. The first-order valence-electron chi connectivity index (χ1n) is 10.2. The molecule has 0 saturated carbocycles. The third kappa shape index (κ3) is 8.30. The van der Waals surface area contributed by atoms with E-state index in [0.717, 1.165) is 43.5 Å². The van der Waals surface area contributed by atoms with E-state index in [2.05, 4.69) is 65.3 Å². The molecule has 0 atom stereocenters. The fraction of sp³-hybridized carbons (Fsp3) is 0.571. The zero-order chi connectivity index (χ0) is 20.4. The van der Waals surface area contributed by atoms with Gasteiger partial charge >= 0.3 is 0 Å². The highest BCUT2D eigenvalue weighted by atomic mass is 127. The molecule has 0 saturated heterocycles. The molecular formula is C21H36IN7. The molecule has 2 N–H and O–H groups in total. The molecule has 1 heterocycles. The number of rotatable bonds is 10. The molecule has 0 bridgehead atoms. The summed E-state index contributed by atoms with van der Waals surface area (Å²) in [7, 11) is 0. The second kappa shape index (κ2) is 13.5. The van der Waals surface area contributed by atoms with Crippen LogP contribution in [-0.4, -0.2) is 57.3 Å². The Hall–Kier alpha value is -1.68. The molecule has 162 valence electrons. The lowest BCUT2D eigenvalue weighted by molar-refractivity contribution is 0.173. The molecule has 8 heteroatoms. The Bertz CT molecular complexity index is 705. The van der Waals surface area contributed by atoms with Crippen LogP contribution in [0.5, 0.6) is 0 Å². The Morgan fingerprint density at radius 1 is 1.10 bits per heavy atom. The van der Waals surface area contributed by atoms with E-state index in [1.165, 1.54) is 0 Å². The average Bonchev–Trinajstić information content (AvgIpc) is 3.14. The minimum Gasteiger partial charge on any atom is -0.357 e. The second-order valence-corrected chi connectivity index (χ2v) is 7.35. The van der Waals surface area contributed by atoms with Gasteiger partial charge in [0.1, 0.15) is 12.9 Å². The zero-order valence-corrected chi connectivity index (χ0v) is 20.6. The van der Waals surface area contributed by atoms with Gasteiger partial charge in [-0.1, -0.05) is 18.2 Å². The molecular weight excluding hydrogens is 477 g/mol. The molecule has 0 aliphatic heterocycles. The molecule has 2 aromatic rings. The number of hydrogen-bond donors (Lipinski definition) is 2. The van der Waals surface area contributed by atoms with Gasteiger partial charge < -0.3 is 10.6 Å². The molecule has 1 aromatic carbocycles. The summed E-state index contributed by atoms with van der Waals surface area (Å²) in [5.41, 5.74) is 1.04. The predicted molar refractivity (Wildman–Crippen MR) is 131 cm³/mol. The molecule has 0 radical (unpaired) electrons. The third-order valence-corrected chi connectivity index (χ3v) is 4.59. The molecule has 2 rings (SSSR count). The van der Waals surface area contributed by atoms with Crippen molar-refractivity contribution in [3.05, 3.63) is 42.5 Å².